The predicted molar refractivity (Wildman–Crippen MR) is 157 cm³/mol. The van der Waals surface area contributed by atoms with E-state index in [0.717, 1.165) is 35.7 Å². The molecule has 1 aromatic carbocycles. The van der Waals surface area contributed by atoms with E-state index in [2.05, 4.69) is 60.4 Å². The average Bonchev–Trinajstić information content (AvgIpc) is 3.55. The van der Waals surface area contributed by atoms with E-state index < -0.39 is 0 Å². The Labute approximate surface area is 249 Å². The van der Waals surface area contributed by atoms with Gasteiger partial charge in [-0.25, -0.2) is 14.6 Å². The van der Waals surface area contributed by atoms with E-state index in [1.807, 2.05) is 25.1 Å². The van der Waals surface area contributed by atoms with Crippen molar-refractivity contribution < 1.29 is 9.47 Å². The summed E-state index contributed by atoms with van der Waals surface area (Å²) in [6, 6.07) is 6.73. The number of hydrogen-bond acceptors (Lipinski definition) is 10. The summed E-state index contributed by atoms with van der Waals surface area (Å²) in [5.74, 6) is 1.38. The molecule has 2 aliphatic heterocycles. The molecule has 0 radical (unpaired) electrons. The highest BCUT2D eigenvalue weighted by Crippen LogP contribution is 2.55. The van der Waals surface area contributed by atoms with Crippen LogP contribution in [0.2, 0.25) is 5.02 Å². The highest BCUT2D eigenvalue weighted by molar-refractivity contribution is 6.32. The summed E-state index contributed by atoms with van der Waals surface area (Å²) in [4.78, 5) is 11.8. The molecule has 12 nitrogen and oxygen atoms in total. The molecule has 5 heterocycles. The lowest BCUT2D eigenvalue weighted by molar-refractivity contribution is -0.165. The van der Waals surface area contributed by atoms with Crippen LogP contribution in [0.5, 0.6) is 5.75 Å². The quantitative estimate of drug-likeness (QED) is 0.285. The van der Waals surface area contributed by atoms with Gasteiger partial charge in [0.05, 0.1) is 48.2 Å². The normalized spacial score (nSPS) is 19.4. The Hall–Kier alpha value is -3.61. The van der Waals surface area contributed by atoms with Gasteiger partial charge in [0.25, 0.3) is 0 Å². The monoisotopic (exact) mass is 590 g/mol. The van der Waals surface area contributed by atoms with E-state index in [-0.39, 0.29) is 12.0 Å². The first-order valence-electron chi connectivity index (χ1n) is 14.5. The fraction of sp³-hybridized carbons (Fsp3) is 0.517. The number of halogens is 1. The lowest BCUT2D eigenvalue weighted by atomic mass is 9.60. The van der Waals surface area contributed by atoms with Crippen LogP contribution in [-0.4, -0.2) is 83.3 Å². The molecule has 0 unspecified atom stereocenters. The zero-order chi connectivity index (χ0) is 28.8. The Morgan fingerprint density at radius 3 is 2.55 bits per heavy atom. The van der Waals surface area contributed by atoms with Gasteiger partial charge in [-0.3, -0.25) is 9.58 Å². The zero-order valence-electron chi connectivity index (χ0n) is 24.0. The highest BCUT2D eigenvalue weighted by Gasteiger charge is 2.55. The molecule has 3 aromatic heterocycles. The first-order valence-corrected chi connectivity index (χ1v) is 14.9. The third-order valence-electron chi connectivity index (χ3n) is 8.56. The maximum atomic E-state index is 6.43. The fourth-order valence-corrected chi connectivity index (χ4v) is 6.39. The van der Waals surface area contributed by atoms with Gasteiger partial charge in [-0.2, -0.15) is 5.10 Å². The maximum Gasteiger partial charge on any atom is 0.227 e. The van der Waals surface area contributed by atoms with Crippen LogP contribution in [0.4, 0.5) is 11.6 Å². The van der Waals surface area contributed by atoms with Gasteiger partial charge < -0.3 is 14.8 Å². The summed E-state index contributed by atoms with van der Waals surface area (Å²) in [6.45, 7) is 11.0. The minimum absolute atomic E-state index is 0.184. The van der Waals surface area contributed by atoms with Crippen molar-refractivity contribution in [1.29, 1.82) is 0 Å². The fourth-order valence-electron chi connectivity index (χ4n) is 6.22. The Kier molecular flexibility index (Phi) is 7.07. The molecule has 7 rings (SSSR count). The number of tetrazole rings is 1. The van der Waals surface area contributed by atoms with Gasteiger partial charge in [0.15, 0.2) is 0 Å². The van der Waals surface area contributed by atoms with Gasteiger partial charge in [0, 0.05) is 37.2 Å². The smallest absolute Gasteiger partial charge is 0.227 e. The molecule has 1 spiro atoms. The van der Waals surface area contributed by atoms with Crippen LogP contribution in [0.25, 0.3) is 11.1 Å². The molecular formula is C29H35ClN10O2. The zero-order valence-corrected chi connectivity index (χ0v) is 24.8. The van der Waals surface area contributed by atoms with Crippen LogP contribution in [0.15, 0.2) is 43.1 Å². The second-order valence-electron chi connectivity index (χ2n) is 12.2. The van der Waals surface area contributed by atoms with E-state index >= 15 is 0 Å². The lowest BCUT2D eigenvalue weighted by Gasteiger charge is -2.61. The largest absolute Gasteiger partial charge is 0.487 e. The first-order chi connectivity index (χ1) is 20.3. The van der Waals surface area contributed by atoms with Crippen molar-refractivity contribution in [3.63, 3.8) is 0 Å². The molecule has 3 fully saturated rings. The number of anilines is 2. The summed E-state index contributed by atoms with van der Waals surface area (Å²) in [5, 5.41) is 20.1. The van der Waals surface area contributed by atoms with Crippen LogP contribution < -0.4 is 10.1 Å². The number of hydrogen-bond donors (Lipinski definition) is 1. The molecule has 42 heavy (non-hydrogen) atoms. The molecule has 4 aromatic rings. The van der Waals surface area contributed by atoms with Gasteiger partial charge in [-0.1, -0.05) is 31.5 Å². The Bertz CT molecular complexity index is 1520. The third kappa shape index (κ3) is 5.34. The molecular weight excluding hydrogens is 556 g/mol. The van der Waals surface area contributed by atoms with Crippen molar-refractivity contribution in [2.24, 2.45) is 5.41 Å². The topological polar surface area (TPSA) is 121 Å². The van der Waals surface area contributed by atoms with Crippen molar-refractivity contribution in [3.8, 4) is 16.9 Å². The van der Waals surface area contributed by atoms with Crippen molar-refractivity contribution in [2.75, 3.05) is 31.6 Å². The summed E-state index contributed by atoms with van der Waals surface area (Å²) in [7, 11) is 0. The van der Waals surface area contributed by atoms with Gasteiger partial charge >= 0.3 is 0 Å². The van der Waals surface area contributed by atoms with Gasteiger partial charge in [-0.05, 0) is 59.2 Å². The van der Waals surface area contributed by atoms with Crippen molar-refractivity contribution in [1.82, 2.24) is 44.9 Å². The van der Waals surface area contributed by atoms with Crippen LogP contribution in [0, 0.1) is 5.41 Å². The number of rotatable bonds is 10. The minimum Gasteiger partial charge on any atom is -0.487 e. The molecule has 2 saturated heterocycles. The summed E-state index contributed by atoms with van der Waals surface area (Å²) < 4.78 is 15.2. The molecule has 1 atom stereocenters. The molecule has 1 N–H and O–H groups in total. The van der Waals surface area contributed by atoms with E-state index in [1.165, 1.54) is 25.9 Å². The Morgan fingerprint density at radius 2 is 1.88 bits per heavy atom. The second-order valence-corrected chi connectivity index (χ2v) is 12.7. The molecule has 3 aliphatic rings. The molecule has 0 amide bonds. The predicted octanol–water partition coefficient (Wildman–Crippen LogP) is 4.35. The summed E-state index contributed by atoms with van der Waals surface area (Å²) in [6.07, 6.45) is 9.47. The first kappa shape index (κ1) is 27.2. The Balaban J connectivity index is 1.00. The number of nitrogens with one attached hydrogen (secondary N) is 1. The second kappa shape index (κ2) is 10.9. The lowest BCUT2D eigenvalue weighted by Crippen LogP contribution is -2.68. The van der Waals surface area contributed by atoms with Crippen molar-refractivity contribution >= 4 is 23.2 Å². The summed E-state index contributed by atoms with van der Waals surface area (Å²) >= 11 is 6.43. The number of aromatic nitrogens is 8. The van der Waals surface area contributed by atoms with Crippen molar-refractivity contribution in [2.45, 2.75) is 64.3 Å². The van der Waals surface area contributed by atoms with Gasteiger partial charge in [0.1, 0.15) is 18.2 Å². The highest BCUT2D eigenvalue weighted by atomic mass is 35.5. The van der Waals surface area contributed by atoms with Crippen LogP contribution in [-0.2, 0) is 11.3 Å². The number of nitrogens with zero attached hydrogens (tertiary/aromatic N) is 9. The van der Waals surface area contributed by atoms with Gasteiger partial charge in [-0.15, -0.1) is 5.10 Å². The molecule has 0 bridgehead atoms. The van der Waals surface area contributed by atoms with Crippen molar-refractivity contribution in [3.05, 3.63) is 53.8 Å². The number of ether oxygens (including phenoxy) is 2. The molecule has 1 saturated carbocycles. The summed E-state index contributed by atoms with van der Waals surface area (Å²) in [5.41, 5.74) is 4.22. The van der Waals surface area contributed by atoms with E-state index in [0.29, 0.717) is 40.8 Å². The van der Waals surface area contributed by atoms with E-state index in [1.54, 1.807) is 23.4 Å². The van der Waals surface area contributed by atoms with Crippen LogP contribution in [0.3, 0.4) is 0 Å². The average molecular weight is 591 g/mol. The standard InChI is InChI=1S/C29H35ClN10O2/c1-18(2)27-25(12-40(35-27)22-7-29(8-22)15-38(16-29)23-13-41-14-23)34-28-31-9-21(10-32-28)20-4-5-24(30)26(6-20)42-19(3)11-39-17-33-36-37-39/h4-6,9-10,12,17-19,22-23H,7-8,11,13-16H2,1-3H3,(H,31,32,34)/t19-/m0/s1. The van der Waals surface area contributed by atoms with Gasteiger partial charge in [0.2, 0.25) is 5.95 Å². The van der Waals surface area contributed by atoms with E-state index in [4.69, 9.17) is 26.2 Å². The molecule has 220 valence electrons. The number of benzene rings is 1. The maximum absolute atomic E-state index is 6.43. The number of likely N-dealkylation sites (tertiary alicyclic amines) is 1. The van der Waals surface area contributed by atoms with Crippen LogP contribution in [0.1, 0.15) is 51.3 Å². The molecule has 13 heteroatoms. The SMILES string of the molecule is CC(C)c1nn(C2CC3(C2)CN(C2COC2)C3)cc1Nc1ncc(-c2ccc(Cl)c(O[C@@H](C)Cn3cnnn3)c2)cn1. The molecule has 1 aliphatic carbocycles. The van der Waals surface area contributed by atoms with Crippen LogP contribution >= 0.6 is 11.6 Å². The Morgan fingerprint density at radius 1 is 1.10 bits per heavy atom. The third-order valence-corrected chi connectivity index (χ3v) is 8.87. The minimum atomic E-state index is -0.184. The van der Waals surface area contributed by atoms with E-state index in [9.17, 15) is 0 Å².